The minimum Gasteiger partial charge on any atom is -0.307 e. The molecule has 1 N–H and O–H groups in total. The van der Waals surface area contributed by atoms with Crippen LogP contribution in [0.25, 0.3) is 0 Å². The third-order valence-corrected chi connectivity index (χ3v) is 4.30. The molecular formula is C12H15F2NOS. The summed E-state index contributed by atoms with van der Waals surface area (Å²) in [6.45, 7) is 1.99. The van der Waals surface area contributed by atoms with Crippen LogP contribution >= 0.6 is 0 Å². The molecule has 1 aliphatic rings. The zero-order chi connectivity index (χ0) is 12.4. The summed E-state index contributed by atoms with van der Waals surface area (Å²) in [4.78, 5) is 0. The van der Waals surface area contributed by atoms with E-state index in [0.717, 1.165) is 12.5 Å². The lowest BCUT2D eigenvalue weighted by Gasteiger charge is -2.19. The van der Waals surface area contributed by atoms with Crippen LogP contribution in [0.4, 0.5) is 8.78 Å². The van der Waals surface area contributed by atoms with Gasteiger partial charge in [0.05, 0.1) is 0 Å². The molecule has 1 fully saturated rings. The minimum absolute atomic E-state index is 0.206. The molecule has 2 rings (SSSR count). The molecule has 3 unspecified atom stereocenters. The molecule has 1 saturated heterocycles. The second kappa shape index (κ2) is 5.23. The fourth-order valence-corrected chi connectivity index (χ4v) is 3.46. The molecule has 17 heavy (non-hydrogen) atoms. The summed E-state index contributed by atoms with van der Waals surface area (Å²) in [5.41, 5.74) is 0.532. The summed E-state index contributed by atoms with van der Waals surface area (Å²) < 4.78 is 37.9. The van der Waals surface area contributed by atoms with Crippen molar-refractivity contribution in [1.29, 1.82) is 0 Å². The van der Waals surface area contributed by atoms with Crippen LogP contribution in [-0.2, 0) is 10.8 Å². The first-order valence-electron chi connectivity index (χ1n) is 5.61. The molecule has 0 aliphatic carbocycles. The zero-order valence-corrected chi connectivity index (χ0v) is 10.4. The third-order valence-electron chi connectivity index (χ3n) is 2.90. The van der Waals surface area contributed by atoms with Gasteiger partial charge in [-0.15, -0.1) is 0 Å². The Hall–Kier alpha value is -0.810. The molecule has 0 bridgehead atoms. The van der Waals surface area contributed by atoms with E-state index in [1.54, 1.807) is 0 Å². The Labute approximate surface area is 102 Å². The highest BCUT2D eigenvalue weighted by Crippen LogP contribution is 2.21. The summed E-state index contributed by atoms with van der Waals surface area (Å²) >= 11 is 0. The lowest BCUT2D eigenvalue weighted by molar-refractivity contribution is 0.479. The van der Waals surface area contributed by atoms with Crippen LogP contribution in [0.1, 0.15) is 24.9 Å². The average molecular weight is 259 g/mol. The van der Waals surface area contributed by atoms with Gasteiger partial charge in [0.15, 0.2) is 0 Å². The van der Waals surface area contributed by atoms with Crippen LogP contribution in [0.2, 0.25) is 0 Å². The van der Waals surface area contributed by atoms with E-state index in [9.17, 15) is 13.0 Å². The van der Waals surface area contributed by atoms with E-state index in [2.05, 4.69) is 5.32 Å². The molecule has 1 aromatic carbocycles. The maximum atomic E-state index is 13.1. The Bertz CT molecular complexity index is 418. The largest absolute Gasteiger partial charge is 0.307 e. The van der Waals surface area contributed by atoms with Gasteiger partial charge in [-0.1, -0.05) is 0 Å². The minimum atomic E-state index is -0.929. The molecule has 94 valence electrons. The van der Waals surface area contributed by atoms with Gasteiger partial charge in [0.2, 0.25) is 0 Å². The van der Waals surface area contributed by atoms with E-state index >= 15 is 0 Å². The molecule has 1 aliphatic heterocycles. The quantitative estimate of drug-likeness (QED) is 0.837. The van der Waals surface area contributed by atoms with Crippen molar-refractivity contribution >= 4 is 10.8 Å². The number of nitrogens with one attached hydrogen (secondary N) is 1. The molecule has 1 heterocycles. The highest BCUT2D eigenvalue weighted by molar-refractivity contribution is 7.85. The van der Waals surface area contributed by atoms with E-state index in [0.29, 0.717) is 17.1 Å². The van der Waals surface area contributed by atoms with Gasteiger partial charge in [0, 0.05) is 40.5 Å². The van der Waals surface area contributed by atoms with Gasteiger partial charge in [-0.2, -0.15) is 0 Å². The molecule has 0 saturated carbocycles. The van der Waals surface area contributed by atoms with Crippen molar-refractivity contribution in [2.45, 2.75) is 25.4 Å². The smallest absolute Gasteiger partial charge is 0.126 e. The first-order valence-corrected chi connectivity index (χ1v) is 7.10. The molecule has 2 nitrogen and oxygen atoms in total. The topological polar surface area (TPSA) is 29.1 Å². The van der Waals surface area contributed by atoms with Crippen LogP contribution in [0, 0.1) is 11.6 Å². The van der Waals surface area contributed by atoms with E-state index in [1.165, 1.54) is 12.1 Å². The number of hydrogen-bond acceptors (Lipinski definition) is 2. The number of hydrogen-bond donors (Lipinski definition) is 1. The molecule has 3 atom stereocenters. The van der Waals surface area contributed by atoms with Crippen molar-refractivity contribution in [3.05, 3.63) is 35.4 Å². The summed E-state index contributed by atoms with van der Waals surface area (Å²) in [6.07, 6.45) is 0.820. The van der Waals surface area contributed by atoms with Crippen molar-refractivity contribution in [2.24, 2.45) is 0 Å². The van der Waals surface area contributed by atoms with Crippen LogP contribution in [0.5, 0.6) is 0 Å². The highest BCUT2D eigenvalue weighted by atomic mass is 32.2. The Morgan fingerprint density at radius 3 is 2.59 bits per heavy atom. The maximum Gasteiger partial charge on any atom is 0.126 e. The normalized spacial score (nSPS) is 29.9. The standard InChI is InChI=1S/C12H15F2NOS/c1-8-2-3-17(16)7-12(15-8)9-4-10(13)6-11(14)5-9/h4-6,8,12,15H,2-3,7H2,1H3. The Kier molecular flexibility index (Phi) is 3.89. The maximum absolute atomic E-state index is 13.1. The molecule has 0 radical (unpaired) electrons. The summed E-state index contributed by atoms with van der Waals surface area (Å²) in [5.74, 6) is -0.135. The summed E-state index contributed by atoms with van der Waals surface area (Å²) in [7, 11) is -0.929. The first-order chi connectivity index (χ1) is 8.04. The average Bonchev–Trinajstić information content (AvgIpc) is 2.39. The van der Waals surface area contributed by atoms with Crippen LogP contribution < -0.4 is 5.32 Å². The van der Waals surface area contributed by atoms with E-state index in [-0.39, 0.29) is 12.1 Å². The van der Waals surface area contributed by atoms with E-state index < -0.39 is 22.4 Å². The van der Waals surface area contributed by atoms with Gasteiger partial charge >= 0.3 is 0 Å². The Morgan fingerprint density at radius 2 is 1.94 bits per heavy atom. The third kappa shape index (κ3) is 3.33. The fraction of sp³-hybridized carbons (Fsp3) is 0.500. The molecule has 5 heteroatoms. The zero-order valence-electron chi connectivity index (χ0n) is 9.58. The molecule has 0 spiro atoms. The van der Waals surface area contributed by atoms with Crippen LogP contribution in [-0.4, -0.2) is 21.8 Å². The predicted molar refractivity (Wildman–Crippen MR) is 64.2 cm³/mol. The van der Waals surface area contributed by atoms with Crippen molar-refractivity contribution in [3.8, 4) is 0 Å². The van der Waals surface area contributed by atoms with Gasteiger partial charge in [-0.25, -0.2) is 8.78 Å². The molecule has 0 amide bonds. The molecular weight excluding hydrogens is 244 g/mol. The van der Waals surface area contributed by atoms with Gasteiger partial charge in [-0.05, 0) is 31.0 Å². The van der Waals surface area contributed by atoms with Crippen LogP contribution in [0.15, 0.2) is 18.2 Å². The van der Waals surface area contributed by atoms with Gasteiger partial charge < -0.3 is 5.32 Å². The fourth-order valence-electron chi connectivity index (χ4n) is 2.02. The first kappa shape index (κ1) is 12.6. The number of benzene rings is 1. The molecule has 0 aromatic heterocycles. The Morgan fingerprint density at radius 1 is 1.29 bits per heavy atom. The summed E-state index contributed by atoms with van der Waals surface area (Å²) in [5, 5.41) is 3.25. The van der Waals surface area contributed by atoms with Gasteiger partial charge in [0.1, 0.15) is 11.6 Å². The van der Waals surface area contributed by atoms with Crippen molar-refractivity contribution in [2.75, 3.05) is 11.5 Å². The van der Waals surface area contributed by atoms with E-state index in [1.807, 2.05) is 6.92 Å². The number of halogens is 2. The second-order valence-electron chi connectivity index (χ2n) is 4.42. The summed E-state index contributed by atoms with van der Waals surface area (Å²) in [6, 6.07) is 3.42. The van der Waals surface area contributed by atoms with Crippen molar-refractivity contribution in [3.63, 3.8) is 0 Å². The van der Waals surface area contributed by atoms with Crippen LogP contribution in [0.3, 0.4) is 0 Å². The second-order valence-corrected chi connectivity index (χ2v) is 6.04. The van der Waals surface area contributed by atoms with Gasteiger partial charge in [0.25, 0.3) is 0 Å². The van der Waals surface area contributed by atoms with Gasteiger partial charge in [-0.3, -0.25) is 4.21 Å². The highest BCUT2D eigenvalue weighted by Gasteiger charge is 2.22. The Balaban J connectivity index is 2.27. The SMILES string of the molecule is CC1CCS(=O)CC(c2cc(F)cc(F)c2)N1. The lowest BCUT2D eigenvalue weighted by atomic mass is 10.1. The van der Waals surface area contributed by atoms with Crippen molar-refractivity contribution < 1.29 is 13.0 Å². The van der Waals surface area contributed by atoms with E-state index in [4.69, 9.17) is 0 Å². The molecule has 1 aromatic rings. The monoisotopic (exact) mass is 259 g/mol. The predicted octanol–water partition coefficient (Wildman–Crippen LogP) is 2.14. The number of rotatable bonds is 1. The van der Waals surface area contributed by atoms with Crippen molar-refractivity contribution in [1.82, 2.24) is 5.32 Å². The lowest BCUT2D eigenvalue weighted by Crippen LogP contribution is -2.30.